The first-order valence-electron chi connectivity index (χ1n) is 7.45. The molecule has 0 unspecified atom stereocenters. The molecule has 1 amide bonds. The third-order valence-electron chi connectivity index (χ3n) is 3.42. The van der Waals surface area contributed by atoms with E-state index in [4.69, 9.17) is 4.42 Å². The Morgan fingerprint density at radius 2 is 2.00 bits per heavy atom. The van der Waals surface area contributed by atoms with Crippen LogP contribution in [-0.4, -0.2) is 22.4 Å². The Kier molecular flexibility index (Phi) is 4.71. The number of hydrogen-bond acceptors (Lipinski definition) is 5. The van der Waals surface area contributed by atoms with E-state index in [1.807, 2.05) is 13.8 Å². The van der Waals surface area contributed by atoms with E-state index in [2.05, 4.69) is 15.3 Å². The Morgan fingerprint density at radius 3 is 2.67 bits per heavy atom. The first-order valence-corrected chi connectivity index (χ1v) is 8.27. The van der Waals surface area contributed by atoms with Crippen LogP contribution in [0, 0.1) is 19.7 Å². The Hall–Kier alpha value is -2.54. The molecule has 3 aromatic rings. The van der Waals surface area contributed by atoms with E-state index in [1.54, 1.807) is 18.4 Å². The van der Waals surface area contributed by atoms with E-state index < -0.39 is 0 Å². The van der Waals surface area contributed by atoms with E-state index in [-0.39, 0.29) is 11.7 Å². The number of oxazole rings is 1. The van der Waals surface area contributed by atoms with Crippen molar-refractivity contribution < 1.29 is 13.6 Å². The highest BCUT2D eigenvalue weighted by Gasteiger charge is 2.13. The van der Waals surface area contributed by atoms with E-state index in [1.165, 1.54) is 23.5 Å². The number of nitrogens with zero attached hydrogens (tertiary/aromatic N) is 2. The minimum Gasteiger partial charge on any atom is -0.444 e. The first kappa shape index (κ1) is 16.3. The third kappa shape index (κ3) is 3.68. The lowest BCUT2D eigenvalue weighted by atomic mass is 10.2. The van der Waals surface area contributed by atoms with E-state index in [0.29, 0.717) is 29.3 Å². The van der Waals surface area contributed by atoms with Gasteiger partial charge in [-0.3, -0.25) is 4.79 Å². The molecule has 0 atom stereocenters. The number of aryl methyl sites for hydroxylation is 2. The smallest absolute Gasteiger partial charge is 0.263 e. The second-order valence-corrected chi connectivity index (χ2v) is 6.51. The summed E-state index contributed by atoms with van der Waals surface area (Å²) in [5.41, 5.74) is 2.18. The van der Waals surface area contributed by atoms with Crippen LogP contribution in [0.5, 0.6) is 0 Å². The molecule has 0 aliphatic rings. The molecule has 2 aromatic heterocycles. The van der Waals surface area contributed by atoms with Crippen LogP contribution in [0.25, 0.3) is 11.5 Å². The number of nitrogens with one attached hydrogen (secondary N) is 1. The quantitative estimate of drug-likeness (QED) is 0.768. The molecule has 0 saturated carbocycles. The van der Waals surface area contributed by atoms with Gasteiger partial charge < -0.3 is 9.73 Å². The van der Waals surface area contributed by atoms with Gasteiger partial charge in [0, 0.05) is 18.5 Å². The molecular formula is C17H16FN3O2S. The number of halogens is 1. The number of rotatable bonds is 5. The maximum Gasteiger partial charge on any atom is 0.263 e. The summed E-state index contributed by atoms with van der Waals surface area (Å²) in [6.45, 7) is 4.15. The molecular weight excluding hydrogens is 329 g/mol. The van der Waals surface area contributed by atoms with Crippen LogP contribution in [0.1, 0.15) is 26.1 Å². The molecule has 7 heteroatoms. The van der Waals surface area contributed by atoms with Gasteiger partial charge >= 0.3 is 0 Å². The molecule has 0 aliphatic heterocycles. The summed E-state index contributed by atoms with van der Waals surface area (Å²) in [7, 11) is 0. The van der Waals surface area contributed by atoms with Gasteiger partial charge in [0.1, 0.15) is 17.0 Å². The molecule has 2 heterocycles. The van der Waals surface area contributed by atoms with Crippen molar-refractivity contribution in [1.82, 2.24) is 15.3 Å². The zero-order valence-corrected chi connectivity index (χ0v) is 14.1. The van der Waals surface area contributed by atoms with Crippen LogP contribution in [0.2, 0.25) is 0 Å². The molecule has 24 heavy (non-hydrogen) atoms. The van der Waals surface area contributed by atoms with Crippen LogP contribution in [0.3, 0.4) is 0 Å². The number of hydrogen-bond donors (Lipinski definition) is 1. The van der Waals surface area contributed by atoms with Crippen molar-refractivity contribution in [2.24, 2.45) is 0 Å². The lowest BCUT2D eigenvalue weighted by Crippen LogP contribution is -2.25. The van der Waals surface area contributed by atoms with Crippen molar-refractivity contribution in [2.75, 3.05) is 6.54 Å². The van der Waals surface area contributed by atoms with Gasteiger partial charge in [-0.2, -0.15) is 0 Å². The molecule has 124 valence electrons. The van der Waals surface area contributed by atoms with Crippen LogP contribution >= 0.6 is 11.3 Å². The van der Waals surface area contributed by atoms with Crippen LogP contribution < -0.4 is 5.32 Å². The van der Waals surface area contributed by atoms with Gasteiger partial charge in [0.2, 0.25) is 5.89 Å². The molecule has 0 radical (unpaired) electrons. The Labute approximate surface area is 142 Å². The summed E-state index contributed by atoms with van der Waals surface area (Å²) in [4.78, 5) is 21.3. The third-order valence-corrected chi connectivity index (χ3v) is 4.49. The molecule has 1 aromatic carbocycles. The predicted molar refractivity (Wildman–Crippen MR) is 89.5 cm³/mol. The summed E-state index contributed by atoms with van der Waals surface area (Å²) in [5, 5.41) is 3.73. The highest BCUT2D eigenvalue weighted by molar-refractivity contribution is 7.13. The largest absolute Gasteiger partial charge is 0.444 e. The number of amides is 1. The maximum absolute atomic E-state index is 12.9. The molecule has 1 N–H and O–H groups in total. The summed E-state index contributed by atoms with van der Waals surface area (Å²) in [5.74, 6) is 0.00689. The first-order chi connectivity index (χ1) is 11.5. The van der Waals surface area contributed by atoms with Crippen molar-refractivity contribution in [3.05, 3.63) is 57.6 Å². The summed E-state index contributed by atoms with van der Waals surface area (Å²) in [6, 6.07) is 5.95. The Bertz CT molecular complexity index is 855. The summed E-state index contributed by atoms with van der Waals surface area (Å²) < 4.78 is 18.3. The van der Waals surface area contributed by atoms with Crippen molar-refractivity contribution in [3.8, 4) is 11.5 Å². The molecule has 5 nitrogen and oxygen atoms in total. The monoisotopic (exact) mass is 345 g/mol. The standard InChI is InChI=1S/C17H16FN3O2S/c1-10-15(24-11(2)20-10)16(22)19-8-7-14-9-23-17(21-14)12-3-5-13(18)6-4-12/h3-6,9H,7-8H2,1-2H3,(H,19,22). The minimum atomic E-state index is -0.304. The molecule has 0 fully saturated rings. The van der Waals surface area contributed by atoms with Gasteiger partial charge in [0.15, 0.2) is 0 Å². The van der Waals surface area contributed by atoms with Crippen LogP contribution in [0.4, 0.5) is 4.39 Å². The van der Waals surface area contributed by atoms with E-state index in [9.17, 15) is 9.18 Å². The Morgan fingerprint density at radius 1 is 1.25 bits per heavy atom. The normalized spacial score (nSPS) is 10.8. The van der Waals surface area contributed by atoms with Crippen molar-refractivity contribution >= 4 is 17.2 Å². The summed E-state index contributed by atoms with van der Waals surface area (Å²) >= 11 is 1.38. The van der Waals surface area contributed by atoms with Crippen molar-refractivity contribution in [1.29, 1.82) is 0 Å². The molecule has 0 saturated heterocycles. The average Bonchev–Trinajstić information content (AvgIpc) is 3.14. The van der Waals surface area contributed by atoms with E-state index >= 15 is 0 Å². The fourth-order valence-electron chi connectivity index (χ4n) is 2.27. The topological polar surface area (TPSA) is 68.0 Å². The van der Waals surface area contributed by atoms with Gasteiger partial charge in [-0.15, -0.1) is 11.3 Å². The highest BCUT2D eigenvalue weighted by Crippen LogP contribution is 2.19. The predicted octanol–water partition coefficient (Wildman–Crippen LogP) is 3.53. The lowest BCUT2D eigenvalue weighted by molar-refractivity contribution is 0.0957. The van der Waals surface area contributed by atoms with E-state index in [0.717, 1.165) is 16.4 Å². The number of aromatic nitrogens is 2. The fourth-order valence-corrected chi connectivity index (χ4v) is 3.11. The molecule has 3 rings (SSSR count). The number of carbonyl (C=O) groups excluding carboxylic acids is 1. The zero-order chi connectivity index (χ0) is 17.1. The Balaban J connectivity index is 1.57. The fraction of sp³-hybridized carbons (Fsp3) is 0.235. The lowest BCUT2D eigenvalue weighted by Gasteiger charge is -2.02. The zero-order valence-electron chi connectivity index (χ0n) is 13.3. The van der Waals surface area contributed by atoms with Gasteiger partial charge in [0.25, 0.3) is 5.91 Å². The number of benzene rings is 1. The van der Waals surface area contributed by atoms with Gasteiger partial charge in [-0.25, -0.2) is 14.4 Å². The van der Waals surface area contributed by atoms with Gasteiger partial charge in [-0.1, -0.05) is 0 Å². The second kappa shape index (κ2) is 6.92. The molecule has 0 bridgehead atoms. The second-order valence-electron chi connectivity index (χ2n) is 5.30. The van der Waals surface area contributed by atoms with Crippen LogP contribution in [-0.2, 0) is 6.42 Å². The molecule has 0 aliphatic carbocycles. The van der Waals surface area contributed by atoms with Crippen LogP contribution in [0.15, 0.2) is 34.9 Å². The van der Waals surface area contributed by atoms with Crippen molar-refractivity contribution in [3.63, 3.8) is 0 Å². The van der Waals surface area contributed by atoms with Crippen molar-refractivity contribution in [2.45, 2.75) is 20.3 Å². The number of carbonyl (C=O) groups is 1. The SMILES string of the molecule is Cc1nc(C)c(C(=O)NCCc2coc(-c3ccc(F)cc3)n2)s1. The average molecular weight is 345 g/mol. The summed E-state index contributed by atoms with van der Waals surface area (Å²) in [6.07, 6.45) is 2.10. The van der Waals surface area contributed by atoms with Gasteiger partial charge in [0.05, 0.1) is 16.4 Å². The minimum absolute atomic E-state index is 0.125. The highest BCUT2D eigenvalue weighted by atomic mass is 32.1. The molecule has 0 spiro atoms. The number of thiazole rings is 1. The maximum atomic E-state index is 12.9. The van der Waals surface area contributed by atoms with Gasteiger partial charge in [-0.05, 0) is 38.1 Å².